The van der Waals surface area contributed by atoms with Crippen LogP contribution in [-0.2, 0) is 24.7 Å². The number of imide groups is 1. The first-order valence-electron chi connectivity index (χ1n) is 8.14. The summed E-state index contributed by atoms with van der Waals surface area (Å²) in [7, 11) is 0. The van der Waals surface area contributed by atoms with Crippen LogP contribution in [0.5, 0.6) is 0 Å². The predicted molar refractivity (Wildman–Crippen MR) is 84.7 cm³/mol. The molecule has 3 nitrogen and oxygen atoms in total. The number of benzene rings is 2. The molecule has 0 spiro atoms. The van der Waals surface area contributed by atoms with E-state index in [1.165, 1.54) is 5.32 Å². The Morgan fingerprint density at radius 2 is 0.667 bits per heavy atom. The highest BCUT2D eigenvalue weighted by Crippen LogP contribution is 2.37. The first-order valence-corrected chi connectivity index (χ1v) is 8.14. The van der Waals surface area contributed by atoms with Crippen LogP contribution in [0.15, 0.2) is 36.4 Å². The quantitative estimate of drug-likeness (QED) is 0.390. The van der Waals surface area contributed by atoms with E-state index >= 15 is 0 Å². The van der Waals surface area contributed by atoms with Crippen LogP contribution in [0.25, 0.3) is 0 Å². The van der Waals surface area contributed by atoms with Crippen molar-refractivity contribution in [3.05, 3.63) is 69.8 Å². The lowest BCUT2D eigenvalue weighted by molar-refractivity contribution is -0.144. The van der Waals surface area contributed by atoms with Crippen molar-refractivity contribution in [2.75, 3.05) is 0 Å². The smallest absolute Gasteiger partial charge is 0.288 e. The molecule has 2 aromatic carbocycles. The van der Waals surface area contributed by atoms with Crippen LogP contribution in [-0.4, -0.2) is 11.8 Å². The van der Waals surface area contributed by atoms with E-state index in [1.54, 1.807) is 0 Å². The van der Waals surface area contributed by atoms with Crippen molar-refractivity contribution in [3.8, 4) is 0 Å². The molecule has 0 aromatic heterocycles. The minimum atomic E-state index is -5.36. The Balaban J connectivity index is 2.49. The highest BCUT2D eigenvalue weighted by atomic mass is 19.4. The van der Waals surface area contributed by atoms with Crippen LogP contribution < -0.4 is 5.32 Å². The Morgan fingerprint density at radius 3 is 0.848 bits per heavy atom. The van der Waals surface area contributed by atoms with Crippen molar-refractivity contribution in [3.63, 3.8) is 0 Å². The van der Waals surface area contributed by atoms with Gasteiger partial charge in [-0.25, -0.2) is 0 Å². The number of hydrogen-bond acceptors (Lipinski definition) is 2. The molecule has 0 unspecified atom stereocenters. The summed E-state index contributed by atoms with van der Waals surface area (Å²) < 4.78 is 154. The fourth-order valence-corrected chi connectivity index (χ4v) is 2.42. The van der Waals surface area contributed by atoms with Crippen LogP contribution >= 0.6 is 0 Å². The maximum Gasteiger partial charge on any atom is 0.416 e. The topological polar surface area (TPSA) is 46.2 Å². The minimum Gasteiger partial charge on any atom is -0.288 e. The van der Waals surface area contributed by atoms with Gasteiger partial charge in [-0.2, -0.15) is 52.7 Å². The van der Waals surface area contributed by atoms with Crippen LogP contribution in [0.4, 0.5) is 52.7 Å². The summed E-state index contributed by atoms with van der Waals surface area (Å²) in [6, 6.07) is -0.978. The van der Waals surface area contributed by atoms with Crippen molar-refractivity contribution in [1.29, 1.82) is 0 Å². The molecule has 0 aliphatic heterocycles. The molecule has 0 fully saturated rings. The molecule has 0 saturated heterocycles. The molecule has 33 heavy (non-hydrogen) atoms. The summed E-state index contributed by atoms with van der Waals surface area (Å²) in [5.41, 5.74) is -10.5. The van der Waals surface area contributed by atoms with E-state index in [0.717, 1.165) is 0 Å². The first-order chi connectivity index (χ1) is 14.7. The number of carbonyl (C=O) groups excluding carboxylic acids is 2. The van der Waals surface area contributed by atoms with Gasteiger partial charge in [0.2, 0.25) is 0 Å². The van der Waals surface area contributed by atoms with E-state index in [-0.39, 0.29) is 36.4 Å². The van der Waals surface area contributed by atoms with Gasteiger partial charge < -0.3 is 0 Å². The molecule has 0 radical (unpaired) electrons. The molecule has 2 rings (SSSR count). The Bertz CT molecular complexity index is 928. The average Bonchev–Trinajstić information content (AvgIpc) is 2.64. The van der Waals surface area contributed by atoms with Crippen LogP contribution in [0, 0.1) is 0 Å². The number of hydrogen-bond donors (Lipinski definition) is 1. The summed E-state index contributed by atoms with van der Waals surface area (Å²) in [5, 5.41) is 1.18. The maximum atomic E-state index is 12.9. The van der Waals surface area contributed by atoms with Gasteiger partial charge in [-0.15, -0.1) is 0 Å². The summed E-state index contributed by atoms with van der Waals surface area (Å²) >= 11 is 0. The molecule has 0 aliphatic rings. The number of nitrogens with one attached hydrogen (secondary N) is 1. The fourth-order valence-electron chi connectivity index (χ4n) is 2.42. The van der Waals surface area contributed by atoms with E-state index < -0.39 is 69.9 Å². The van der Waals surface area contributed by atoms with Crippen LogP contribution in [0.3, 0.4) is 0 Å². The number of alkyl halides is 12. The van der Waals surface area contributed by atoms with E-state index in [1.807, 2.05) is 0 Å². The van der Waals surface area contributed by atoms with Gasteiger partial charge in [0, 0.05) is 11.1 Å². The minimum absolute atomic E-state index is 0.0782. The van der Waals surface area contributed by atoms with Gasteiger partial charge in [-0.1, -0.05) is 0 Å². The highest BCUT2D eigenvalue weighted by Gasteiger charge is 2.39. The predicted octanol–water partition coefficient (Wildman–Crippen LogP) is 6.33. The second kappa shape index (κ2) is 8.26. The number of carbonyl (C=O) groups is 2. The molecule has 1 N–H and O–H groups in total. The molecule has 180 valence electrons. The van der Waals surface area contributed by atoms with Crippen molar-refractivity contribution in [1.82, 2.24) is 5.32 Å². The number of amides is 2. The van der Waals surface area contributed by atoms with E-state index in [0.29, 0.717) is 0 Å². The van der Waals surface area contributed by atoms with E-state index in [9.17, 15) is 62.3 Å². The molecular formula is C18H7F12NO2. The van der Waals surface area contributed by atoms with Crippen molar-refractivity contribution in [2.24, 2.45) is 0 Å². The van der Waals surface area contributed by atoms with Gasteiger partial charge in [-0.3, -0.25) is 14.9 Å². The molecule has 2 aromatic rings. The summed E-state index contributed by atoms with van der Waals surface area (Å²) in [4.78, 5) is 24.1. The summed E-state index contributed by atoms with van der Waals surface area (Å²) in [5.74, 6) is -3.86. The van der Waals surface area contributed by atoms with E-state index in [2.05, 4.69) is 0 Å². The maximum absolute atomic E-state index is 12.9. The van der Waals surface area contributed by atoms with E-state index in [4.69, 9.17) is 0 Å². The zero-order valence-electron chi connectivity index (χ0n) is 15.3. The first kappa shape index (κ1) is 26.0. The molecule has 0 atom stereocenters. The number of halogens is 12. The average molecular weight is 497 g/mol. The third-order valence-electron chi connectivity index (χ3n) is 3.93. The van der Waals surface area contributed by atoms with Crippen molar-refractivity contribution < 1.29 is 62.3 Å². The zero-order chi connectivity index (χ0) is 25.6. The van der Waals surface area contributed by atoms with Crippen LogP contribution in [0.2, 0.25) is 0 Å². The van der Waals surface area contributed by atoms with Gasteiger partial charge >= 0.3 is 24.7 Å². The molecule has 0 bridgehead atoms. The Hall–Kier alpha value is -3.26. The normalized spacial score (nSPS) is 13.1. The molecule has 0 aliphatic carbocycles. The summed E-state index contributed by atoms with van der Waals surface area (Å²) in [6.45, 7) is 0. The van der Waals surface area contributed by atoms with Gasteiger partial charge in [0.15, 0.2) is 0 Å². The zero-order valence-corrected chi connectivity index (χ0v) is 15.3. The lowest BCUT2D eigenvalue weighted by Gasteiger charge is -2.15. The monoisotopic (exact) mass is 497 g/mol. The largest absolute Gasteiger partial charge is 0.416 e. The van der Waals surface area contributed by atoms with Crippen LogP contribution in [0.1, 0.15) is 43.0 Å². The fraction of sp³-hybridized carbons (Fsp3) is 0.222. The van der Waals surface area contributed by atoms with Crippen molar-refractivity contribution in [2.45, 2.75) is 24.7 Å². The SMILES string of the molecule is O=C(NC(=O)c1cc(C(F)(F)F)cc(C(F)(F)F)c1)c1cc(C(F)(F)F)cc(C(F)(F)F)c1. The highest BCUT2D eigenvalue weighted by molar-refractivity contribution is 6.10. The lowest BCUT2D eigenvalue weighted by atomic mass is 10.0. The van der Waals surface area contributed by atoms with Gasteiger partial charge in [0.25, 0.3) is 11.8 Å². The Kier molecular flexibility index (Phi) is 6.51. The lowest BCUT2D eigenvalue weighted by Crippen LogP contribution is -2.31. The van der Waals surface area contributed by atoms with Gasteiger partial charge in [0.1, 0.15) is 0 Å². The molecule has 0 heterocycles. The van der Waals surface area contributed by atoms with Gasteiger partial charge in [-0.05, 0) is 36.4 Å². The molecule has 15 heteroatoms. The second-order valence-electron chi connectivity index (χ2n) is 6.37. The third kappa shape index (κ3) is 6.38. The Labute approximate surface area is 175 Å². The molecular weight excluding hydrogens is 490 g/mol. The number of rotatable bonds is 2. The second-order valence-corrected chi connectivity index (χ2v) is 6.37. The van der Waals surface area contributed by atoms with Crippen molar-refractivity contribution >= 4 is 11.8 Å². The molecule has 0 saturated carbocycles. The summed E-state index contributed by atoms with van der Waals surface area (Å²) in [6.07, 6.45) is -21.4. The molecule has 2 amide bonds. The van der Waals surface area contributed by atoms with Gasteiger partial charge in [0.05, 0.1) is 22.3 Å². The third-order valence-corrected chi connectivity index (χ3v) is 3.93. The standard InChI is InChI=1S/C18H7F12NO2/c19-15(20,21)9-1-7(2-10(5-9)16(22,23)24)13(32)31-14(33)8-3-11(17(25,26)27)6-12(4-8)18(28,29)30/h1-6H,(H,31,32,33). The Morgan fingerprint density at radius 1 is 0.455 bits per heavy atom.